The maximum atomic E-state index is 13.9. The zero-order chi connectivity index (χ0) is 15.8. The monoisotopic (exact) mass is 287 g/mol. The van der Waals surface area contributed by atoms with Crippen LogP contribution in [0.2, 0.25) is 0 Å². The van der Waals surface area contributed by atoms with Gasteiger partial charge in [-0.25, -0.2) is 4.39 Å². The van der Waals surface area contributed by atoms with Crippen LogP contribution in [0.25, 0.3) is 0 Å². The molecule has 4 nitrogen and oxygen atoms in total. The highest BCUT2D eigenvalue weighted by Gasteiger charge is 2.21. The molecule has 110 valence electrons. The molecule has 1 aromatic carbocycles. The Labute approximate surface area is 124 Å². The van der Waals surface area contributed by atoms with Gasteiger partial charge >= 0.3 is 0 Å². The highest BCUT2D eigenvalue weighted by Crippen LogP contribution is 2.15. The number of halogens is 1. The van der Waals surface area contributed by atoms with Crippen LogP contribution >= 0.6 is 0 Å². The van der Waals surface area contributed by atoms with Gasteiger partial charge in [0.2, 0.25) is 0 Å². The molecule has 21 heavy (non-hydrogen) atoms. The molecule has 2 N–H and O–H groups in total. The van der Waals surface area contributed by atoms with E-state index in [1.807, 2.05) is 19.9 Å². The Hall–Kier alpha value is -2.37. The van der Waals surface area contributed by atoms with Crippen molar-refractivity contribution in [3.8, 4) is 17.9 Å². The lowest BCUT2D eigenvalue weighted by atomic mass is 10.1. The van der Waals surface area contributed by atoms with Gasteiger partial charge in [-0.15, -0.1) is 0 Å². The quantitative estimate of drug-likeness (QED) is 0.860. The topological polar surface area (TPSA) is 70.1 Å². The molecule has 0 unspecified atom stereocenters. The molecule has 0 aromatic heterocycles. The van der Waals surface area contributed by atoms with E-state index in [9.17, 15) is 9.18 Å². The number of nitrogens with two attached hydrogens (primary N) is 1. The second-order valence-electron chi connectivity index (χ2n) is 4.70. The van der Waals surface area contributed by atoms with Gasteiger partial charge in [0.25, 0.3) is 5.91 Å². The van der Waals surface area contributed by atoms with Crippen molar-refractivity contribution in [1.82, 2.24) is 4.90 Å². The number of nitrogens with zero attached hydrogens (tertiary/aromatic N) is 2. The number of benzene rings is 1. The summed E-state index contributed by atoms with van der Waals surface area (Å²) in [7, 11) is 0. The molecule has 0 saturated heterocycles. The molecule has 5 heteroatoms. The van der Waals surface area contributed by atoms with Gasteiger partial charge < -0.3 is 10.6 Å². The fourth-order valence-electron chi connectivity index (χ4n) is 1.84. The van der Waals surface area contributed by atoms with Gasteiger partial charge in [0.05, 0.1) is 24.6 Å². The first-order valence-electron chi connectivity index (χ1n) is 6.67. The Bertz CT molecular complexity index is 608. The Balaban J connectivity index is 3.12. The van der Waals surface area contributed by atoms with Gasteiger partial charge in [-0.3, -0.25) is 4.79 Å². The lowest BCUT2D eigenvalue weighted by molar-refractivity contribution is 0.0705. The predicted octanol–water partition coefficient (Wildman–Crippen LogP) is 1.90. The van der Waals surface area contributed by atoms with Crippen LogP contribution in [0.15, 0.2) is 18.2 Å². The molecule has 1 amide bonds. The van der Waals surface area contributed by atoms with Crippen molar-refractivity contribution in [1.29, 1.82) is 5.26 Å². The van der Waals surface area contributed by atoms with Crippen molar-refractivity contribution < 1.29 is 9.18 Å². The van der Waals surface area contributed by atoms with Crippen molar-refractivity contribution in [2.45, 2.75) is 26.3 Å². The summed E-state index contributed by atoms with van der Waals surface area (Å²) in [6.45, 7) is 4.11. The van der Waals surface area contributed by atoms with E-state index in [0.29, 0.717) is 5.56 Å². The van der Waals surface area contributed by atoms with E-state index >= 15 is 0 Å². The molecule has 1 rings (SSSR count). The van der Waals surface area contributed by atoms with Gasteiger partial charge in [-0.05, 0) is 32.0 Å². The molecule has 1 aromatic rings. The first-order chi connectivity index (χ1) is 10.0. The van der Waals surface area contributed by atoms with Crippen molar-refractivity contribution in [2.75, 3.05) is 13.1 Å². The van der Waals surface area contributed by atoms with E-state index in [1.54, 1.807) is 0 Å². The van der Waals surface area contributed by atoms with Gasteiger partial charge in [0.1, 0.15) is 5.82 Å². The maximum absolute atomic E-state index is 13.9. The van der Waals surface area contributed by atoms with Crippen molar-refractivity contribution in [2.24, 2.45) is 5.73 Å². The van der Waals surface area contributed by atoms with Crippen LogP contribution in [-0.2, 0) is 0 Å². The zero-order valence-electron chi connectivity index (χ0n) is 12.2. The van der Waals surface area contributed by atoms with Crippen LogP contribution in [0, 0.1) is 29.0 Å². The molecule has 0 fully saturated rings. The number of amides is 1. The summed E-state index contributed by atoms with van der Waals surface area (Å²) in [5.74, 6) is 4.40. The Morgan fingerprint density at radius 2 is 2.19 bits per heavy atom. The van der Waals surface area contributed by atoms with Crippen molar-refractivity contribution >= 4 is 5.91 Å². The van der Waals surface area contributed by atoms with Gasteiger partial charge in [0.15, 0.2) is 0 Å². The van der Waals surface area contributed by atoms with Crippen LogP contribution < -0.4 is 5.73 Å². The summed E-state index contributed by atoms with van der Waals surface area (Å²) in [4.78, 5) is 13.9. The van der Waals surface area contributed by atoms with Gasteiger partial charge in [-0.1, -0.05) is 11.8 Å². The molecule has 0 heterocycles. The van der Waals surface area contributed by atoms with Crippen LogP contribution in [0.4, 0.5) is 4.39 Å². The van der Waals surface area contributed by atoms with Crippen molar-refractivity contribution in [3.63, 3.8) is 0 Å². The summed E-state index contributed by atoms with van der Waals surface area (Å²) in [5, 5.41) is 8.65. The number of carbonyl (C=O) groups excluding carboxylic acids is 1. The van der Waals surface area contributed by atoms with Crippen LogP contribution in [0.3, 0.4) is 0 Å². The predicted molar refractivity (Wildman–Crippen MR) is 78.7 cm³/mol. The average molecular weight is 287 g/mol. The lowest BCUT2D eigenvalue weighted by Crippen LogP contribution is -2.38. The summed E-state index contributed by atoms with van der Waals surface area (Å²) in [6, 6.07) is 6.01. The minimum absolute atomic E-state index is 0.0366. The highest BCUT2D eigenvalue weighted by molar-refractivity contribution is 5.95. The third-order valence-electron chi connectivity index (χ3n) is 2.88. The Morgan fingerprint density at radius 3 is 2.76 bits per heavy atom. The van der Waals surface area contributed by atoms with E-state index in [1.165, 1.54) is 23.1 Å². The van der Waals surface area contributed by atoms with Gasteiger partial charge in [-0.2, -0.15) is 5.26 Å². The highest BCUT2D eigenvalue weighted by atomic mass is 19.1. The van der Waals surface area contributed by atoms with E-state index < -0.39 is 11.7 Å². The SMILES string of the molecule is CC(C)N(CCC#N)C(=O)c1cc(C#CCN)ccc1F. The minimum Gasteiger partial charge on any atom is -0.335 e. The summed E-state index contributed by atoms with van der Waals surface area (Å²) < 4.78 is 13.9. The second kappa shape index (κ2) is 8.04. The summed E-state index contributed by atoms with van der Waals surface area (Å²) >= 11 is 0. The molecule has 0 saturated carbocycles. The number of hydrogen-bond donors (Lipinski definition) is 1. The van der Waals surface area contributed by atoms with Crippen LogP contribution in [0.1, 0.15) is 36.2 Å². The molecule has 0 aliphatic rings. The summed E-state index contributed by atoms with van der Waals surface area (Å²) in [5.41, 5.74) is 5.79. The smallest absolute Gasteiger partial charge is 0.257 e. The van der Waals surface area contributed by atoms with Crippen LogP contribution in [-0.4, -0.2) is 29.9 Å². The molecular weight excluding hydrogens is 269 g/mol. The molecule has 0 spiro atoms. The number of hydrogen-bond acceptors (Lipinski definition) is 3. The third-order valence-corrected chi connectivity index (χ3v) is 2.88. The van der Waals surface area contributed by atoms with Crippen LogP contribution in [0.5, 0.6) is 0 Å². The molecule has 0 radical (unpaired) electrons. The zero-order valence-corrected chi connectivity index (χ0v) is 12.2. The average Bonchev–Trinajstić information content (AvgIpc) is 2.46. The number of carbonyl (C=O) groups is 1. The standard InChI is InChI=1S/C16H18FN3O/c1-12(2)20(10-4-9-19)16(21)14-11-13(5-3-8-18)6-7-15(14)17/h6-7,11-12H,4,8,10,18H2,1-2H3. The Morgan fingerprint density at radius 1 is 1.48 bits per heavy atom. The van der Waals surface area contributed by atoms with E-state index in [-0.39, 0.29) is 31.1 Å². The first-order valence-corrected chi connectivity index (χ1v) is 6.67. The third kappa shape index (κ3) is 4.59. The van der Waals surface area contributed by atoms with E-state index in [0.717, 1.165) is 0 Å². The number of rotatable bonds is 4. The first kappa shape index (κ1) is 16.7. The molecule has 0 aliphatic heterocycles. The second-order valence-corrected chi connectivity index (χ2v) is 4.70. The minimum atomic E-state index is -0.596. The fourth-order valence-corrected chi connectivity index (χ4v) is 1.84. The summed E-state index contributed by atoms with van der Waals surface area (Å²) in [6.07, 6.45) is 0.207. The van der Waals surface area contributed by atoms with E-state index in [4.69, 9.17) is 11.0 Å². The van der Waals surface area contributed by atoms with Crippen molar-refractivity contribution in [3.05, 3.63) is 35.1 Å². The maximum Gasteiger partial charge on any atom is 0.257 e. The molecular formula is C16H18FN3O. The normalized spacial score (nSPS) is 9.71. The fraction of sp³-hybridized carbons (Fsp3) is 0.375. The molecule has 0 atom stereocenters. The Kier molecular flexibility index (Phi) is 6.39. The number of nitriles is 1. The van der Waals surface area contributed by atoms with E-state index in [2.05, 4.69) is 11.8 Å². The van der Waals surface area contributed by atoms with Gasteiger partial charge in [0, 0.05) is 18.2 Å². The largest absolute Gasteiger partial charge is 0.335 e. The lowest BCUT2D eigenvalue weighted by Gasteiger charge is -2.26. The molecule has 0 bridgehead atoms. The molecule has 0 aliphatic carbocycles.